The highest BCUT2D eigenvalue weighted by molar-refractivity contribution is 5.22. The Kier molecular flexibility index (Phi) is 5.47. The molecule has 1 aromatic carbocycles. The first-order valence-corrected chi connectivity index (χ1v) is 7.29. The van der Waals surface area contributed by atoms with E-state index in [1.54, 1.807) is 7.11 Å². The van der Waals surface area contributed by atoms with Gasteiger partial charge in [0.1, 0.15) is 6.10 Å². The first kappa shape index (κ1) is 15.7. The van der Waals surface area contributed by atoms with Crippen molar-refractivity contribution in [2.75, 3.05) is 14.2 Å². The molecule has 0 saturated heterocycles. The molecule has 1 heterocycles. The van der Waals surface area contributed by atoms with E-state index in [1.165, 1.54) is 0 Å². The summed E-state index contributed by atoms with van der Waals surface area (Å²) in [6.07, 6.45) is 0.637. The van der Waals surface area contributed by atoms with Gasteiger partial charge in [-0.25, -0.2) is 0 Å². The maximum atomic E-state index is 5.54. The molecule has 114 valence electrons. The van der Waals surface area contributed by atoms with Gasteiger partial charge in [-0.2, -0.15) is 4.98 Å². The molecule has 0 saturated carbocycles. The molecule has 5 nitrogen and oxygen atoms in total. The highest BCUT2D eigenvalue weighted by Crippen LogP contribution is 2.26. The van der Waals surface area contributed by atoms with Crippen molar-refractivity contribution >= 4 is 0 Å². The summed E-state index contributed by atoms with van der Waals surface area (Å²) in [6.45, 7) is 4.23. The molecule has 5 heteroatoms. The number of hydrogen-bond acceptors (Lipinski definition) is 5. The molecule has 2 aromatic rings. The number of ether oxygens (including phenoxy) is 1. The molecular weight excluding hydrogens is 266 g/mol. The average Bonchev–Trinajstić information content (AvgIpc) is 2.99. The minimum atomic E-state index is -0.300. The van der Waals surface area contributed by atoms with Crippen LogP contribution in [0.25, 0.3) is 0 Å². The van der Waals surface area contributed by atoms with E-state index in [4.69, 9.17) is 9.26 Å². The fourth-order valence-electron chi connectivity index (χ4n) is 2.47. The van der Waals surface area contributed by atoms with Gasteiger partial charge in [-0.15, -0.1) is 0 Å². The number of aromatic nitrogens is 2. The zero-order valence-corrected chi connectivity index (χ0v) is 13.0. The molecule has 1 N–H and O–H groups in total. The molecule has 0 spiro atoms. The van der Waals surface area contributed by atoms with Gasteiger partial charge in [0.2, 0.25) is 11.7 Å². The lowest BCUT2D eigenvalue weighted by Gasteiger charge is -2.18. The molecule has 0 aliphatic rings. The second-order valence-electron chi connectivity index (χ2n) is 5.11. The predicted octanol–water partition coefficient (Wildman–Crippen LogP) is 2.91. The highest BCUT2D eigenvalue weighted by Gasteiger charge is 2.26. The first-order chi connectivity index (χ1) is 10.2. The van der Waals surface area contributed by atoms with E-state index in [1.807, 2.05) is 37.4 Å². The molecule has 1 aromatic heterocycles. The van der Waals surface area contributed by atoms with Gasteiger partial charge in [-0.1, -0.05) is 42.4 Å². The fraction of sp³-hybridized carbons (Fsp3) is 0.500. The van der Waals surface area contributed by atoms with Crippen molar-refractivity contribution in [3.63, 3.8) is 0 Å². The predicted molar refractivity (Wildman–Crippen MR) is 81.1 cm³/mol. The monoisotopic (exact) mass is 289 g/mol. The molecule has 3 atom stereocenters. The smallest absolute Gasteiger partial charge is 0.231 e. The lowest BCUT2D eigenvalue weighted by molar-refractivity contribution is 0.126. The molecule has 0 amide bonds. The van der Waals surface area contributed by atoms with E-state index in [-0.39, 0.29) is 18.1 Å². The van der Waals surface area contributed by atoms with Crippen molar-refractivity contribution in [2.24, 2.45) is 0 Å². The number of methoxy groups -OCH3 is 1. The normalized spacial score (nSPS) is 15.6. The van der Waals surface area contributed by atoms with E-state index in [0.717, 1.165) is 12.0 Å². The summed E-state index contributed by atoms with van der Waals surface area (Å²) in [5, 5.41) is 7.35. The summed E-state index contributed by atoms with van der Waals surface area (Å²) in [4.78, 5) is 4.56. The number of hydrogen-bond donors (Lipinski definition) is 1. The summed E-state index contributed by atoms with van der Waals surface area (Å²) >= 11 is 0. The van der Waals surface area contributed by atoms with Crippen molar-refractivity contribution in [3.8, 4) is 0 Å². The molecule has 0 radical (unpaired) electrons. The van der Waals surface area contributed by atoms with Gasteiger partial charge in [0.15, 0.2) is 0 Å². The molecule has 2 rings (SSSR count). The molecule has 3 unspecified atom stereocenters. The van der Waals surface area contributed by atoms with Crippen molar-refractivity contribution in [1.82, 2.24) is 15.5 Å². The Morgan fingerprint density at radius 3 is 2.57 bits per heavy atom. The molecular formula is C16H23N3O2. The van der Waals surface area contributed by atoms with Gasteiger partial charge in [-0.3, -0.25) is 0 Å². The molecule has 0 fully saturated rings. The standard InChI is InChI=1S/C16H23N3O2/c1-5-13(11(2)17-3)16-18-15(19-21-16)14(20-4)12-9-7-6-8-10-12/h6-11,13-14,17H,5H2,1-4H3. The van der Waals surface area contributed by atoms with Gasteiger partial charge < -0.3 is 14.6 Å². The van der Waals surface area contributed by atoms with E-state index >= 15 is 0 Å². The van der Waals surface area contributed by atoms with Gasteiger partial charge >= 0.3 is 0 Å². The summed E-state index contributed by atoms with van der Waals surface area (Å²) in [7, 11) is 3.59. The van der Waals surface area contributed by atoms with E-state index in [0.29, 0.717) is 11.7 Å². The lowest BCUT2D eigenvalue weighted by atomic mass is 9.98. The Morgan fingerprint density at radius 1 is 1.29 bits per heavy atom. The Labute approximate surface area is 125 Å². The first-order valence-electron chi connectivity index (χ1n) is 7.29. The highest BCUT2D eigenvalue weighted by atomic mass is 16.5. The number of nitrogens with zero attached hydrogens (tertiary/aromatic N) is 2. The van der Waals surface area contributed by atoms with Crippen LogP contribution >= 0.6 is 0 Å². The SMILES string of the molecule is CCC(c1nc(C(OC)c2ccccc2)no1)C(C)NC. The largest absolute Gasteiger partial charge is 0.369 e. The maximum absolute atomic E-state index is 5.54. The Balaban J connectivity index is 2.25. The summed E-state index contributed by atoms with van der Waals surface area (Å²) in [6, 6.07) is 10.2. The maximum Gasteiger partial charge on any atom is 0.231 e. The van der Waals surface area contributed by atoms with Crippen molar-refractivity contribution in [2.45, 2.75) is 38.3 Å². The summed E-state index contributed by atoms with van der Waals surface area (Å²) in [5.41, 5.74) is 1.02. The van der Waals surface area contributed by atoms with Crippen LogP contribution in [0.1, 0.15) is 49.6 Å². The number of benzene rings is 1. The average molecular weight is 289 g/mol. The lowest BCUT2D eigenvalue weighted by Crippen LogP contribution is -2.28. The quantitative estimate of drug-likeness (QED) is 0.849. The zero-order chi connectivity index (χ0) is 15.2. The zero-order valence-electron chi connectivity index (χ0n) is 13.0. The van der Waals surface area contributed by atoms with Crippen molar-refractivity contribution in [1.29, 1.82) is 0 Å². The van der Waals surface area contributed by atoms with Gasteiger partial charge in [0.05, 0.1) is 5.92 Å². The topological polar surface area (TPSA) is 60.2 Å². The van der Waals surface area contributed by atoms with Crippen LogP contribution in [0.4, 0.5) is 0 Å². The molecule has 21 heavy (non-hydrogen) atoms. The Morgan fingerprint density at radius 2 is 2.00 bits per heavy atom. The third-order valence-electron chi connectivity index (χ3n) is 3.85. The third kappa shape index (κ3) is 3.49. The van der Waals surface area contributed by atoms with Crippen LogP contribution in [0.2, 0.25) is 0 Å². The number of rotatable bonds is 7. The van der Waals surface area contributed by atoms with Crippen LogP contribution < -0.4 is 5.32 Å². The minimum absolute atomic E-state index is 0.199. The van der Waals surface area contributed by atoms with Crippen molar-refractivity contribution in [3.05, 3.63) is 47.6 Å². The molecule has 0 aliphatic heterocycles. The second kappa shape index (κ2) is 7.33. The minimum Gasteiger partial charge on any atom is -0.369 e. The molecule has 0 aliphatic carbocycles. The molecule has 0 bridgehead atoms. The van der Waals surface area contributed by atoms with E-state index in [9.17, 15) is 0 Å². The van der Waals surface area contributed by atoms with Gasteiger partial charge in [0.25, 0.3) is 0 Å². The van der Waals surface area contributed by atoms with Crippen LogP contribution in [0.3, 0.4) is 0 Å². The van der Waals surface area contributed by atoms with Crippen LogP contribution in [-0.4, -0.2) is 30.3 Å². The fourth-order valence-corrected chi connectivity index (χ4v) is 2.47. The summed E-state index contributed by atoms with van der Waals surface area (Å²) in [5.74, 6) is 1.43. The summed E-state index contributed by atoms with van der Waals surface area (Å²) < 4.78 is 11.0. The number of likely N-dealkylation sites (N-methyl/N-ethyl adjacent to an activating group) is 1. The second-order valence-corrected chi connectivity index (χ2v) is 5.11. The van der Waals surface area contributed by atoms with Crippen LogP contribution in [0.15, 0.2) is 34.9 Å². The third-order valence-corrected chi connectivity index (χ3v) is 3.85. The van der Waals surface area contributed by atoms with Gasteiger partial charge in [0, 0.05) is 13.2 Å². The van der Waals surface area contributed by atoms with Crippen LogP contribution in [-0.2, 0) is 4.74 Å². The number of nitrogens with one attached hydrogen (secondary N) is 1. The van der Waals surface area contributed by atoms with Crippen LogP contribution in [0.5, 0.6) is 0 Å². The van der Waals surface area contributed by atoms with Gasteiger partial charge in [-0.05, 0) is 26.0 Å². The Bertz CT molecular complexity index is 541. The van der Waals surface area contributed by atoms with Crippen LogP contribution in [0, 0.1) is 0 Å². The Hall–Kier alpha value is -1.72. The van der Waals surface area contributed by atoms with E-state index in [2.05, 4.69) is 29.3 Å². The van der Waals surface area contributed by atoms with Crippen molar-refractivity contribution < 1.29 is 9.26 Å². The van der Waals surface area contributed by atoms with E-state index < -0.39 is 0 Å².